The zero-order valence-electron chi connectivity index (χ0n) is 10.3. The predicted molar refractivity (Wildman–Crippen MR) is 69.2 cm³/mol. The average molecular weight is 283 g/mol. The molecule has 0 radical (unpaired) electrons. The van der Waals surface area contributed by atoms with E-state index >= 15 is 0 Å². The highest BCUT2D eigenvalue weighted by molar-refractivity contribution is 5.64. The first-order valence-electron chi connectivity index (χ1n) is 5.77. The molecule has 106 valence electrons. The summed E-state index contributed by atoms with van der Waals surface area (Å²) in [5, 5.41) is 2.61. The van der Waals surface area contributed by atoms with Crippen molar-refractivity contribution in [3.8, 4) is 0 Å². The molecular weight excluding hydrogens is 272 g/mol. The second-order valence-electron chi connectivity index (χ2n) is 4.19. The Morgan fingerprint density at radius 2 is 1.65 bits per heavy atom. The van der Waals surface area contributed by atoms with E-state index in [-0.39, 0.29) is 12.2 Å². The van der Waals surface area contributed by atoms with Crippen LogP contribution in [0.5, 0.6) is 0 Å². The number of nitrogens with one attached hydrogen (secondary N) is 2. The van der Waals surface area contributed by atoms with Gasteiger partial charge in [-0.1, -0.05) is 17.7 Å². The molecule has 0 saturated heterocycles. The van der Waals surface area contributed by atoms with Crippen molar-refractivity contribution in [1.82, 2.24) is 0 Å². The normalized spacial score (nSPS) is 11.4. The van der Waals surface area contributed by atoms with Crippen molar-refractivity contribution >= 4 is 11.4 Å². The van der Waals surface area contributed by atoms with E-state index in [2.05, 4.69) is 5.32 Å². The van der Waals surface area contributed by atoms with Crippen LogP contribution in [-0.2, 0) is 12.7 Å². The number of hydrogen-bond acceptors (Lipinski definition) is 1. The molecule has 6 heteroatoms. The standard InChI is InChI=1S/C14H11F4N2/c15-10-3-6-13(12(7-10)14(16,17)18)20-11-4-1-9(8-19)2-5-11/h1-7,19-20H,8H2/q-1. The van der Waals surface area contributed by atoms with E-state index in [1.807, 2.05) is 0 Å². The number of rotatable bonds is 3. The molecule has 0 aromatic heterocycles. The molecule has 0 aliphatic heterocycles. The van der Waals surface area contributed by atoms with Crippen LogP contribution in [0.4, 0.5) is 28.9 Å². The fourth-order valence-corrected chi connectivity index (χ4v) is 1.72. The lowest BCUT2D eigenvalue weighted by Gasteiger charge is -2.15. The van der Waals surface area contributed by atoms with Gasteiger partial charge in [-0.2, -0.15) is 13.2 Å². The second kappa shape index (κ2) is 5.50. The number of halogens is 4. The molecule has 2 aromatic rings. The van der Waals surface area contributed by atoms with Crippen LogP contribution < -0.4 is 5.32 Å². The van der Waals surface area contributed by atoms with Gasteiger partial charge in [0.25, 0.3) is 0 Å². The van der Waals surface area contributed by atoms with Gasteiger partial charge >= 0.3 is 6.18 Å². The van der Waals surface area contributed by atoms with Gasteiger partial charge in [-0.3, -0.25) is 0 Å². The van der Waals surface area contributed by atoms with Gasteiger partial charge in [0, 0.05) is 5.69 Å². The average Bonchev–Trinajstić information content (AvgIpc) is 2.40. The van der Waals surface area contributed by atoms with Crippen LogP contribution in [-0.4, -0.2) is 0 Å². The fraction of sp³-hybridized carbons (Fsp3) is 0.143. The van der Waals surface area contributed by atoms with Gasteiger partial charge in [0.1, 0.15) is 5.82 Å². The molecule has 0 heterocycles. The Bertz CT molecular complexity index is 591. The number of anilines is 2. The van der Waals surface area contributed by atoms with E-state index in [0.717, 1.165) is 17.7 Å². The number of hydrogen-bond donors (Lipinski definition) is 1. The first-order chi connectivity index (χ1) is 9.40. The van der Waals surface area contributed by atoms with Crippen LogP contribution in [0, 0.1) is 5.82 Å². The van der Waals surface area contributed by atoms with Gasteiger partial charge in [0.2, 0.25) is 0 Å². The highest BCUT2D eigenvalue weighted by Crippen LogP contribution is 2.36. The lowest BCUT2D eigenvalue weighted by Crippen LogP contribution is -2.09. The zero-order chi connectivity index (χ0) is 14.8. The SMILES string of the molecule is [NH-]Cc1ccc(Nc2ccc(F)cc2C(F)(F)F)cc1. The molecule has 0 spiro atoms. The van der Waals surface area contributed by atoms with E-state index in [1.54, 1.807) is 24.3 Å². The molecule has 2 aromatic carbocycles. The first kappa shape index (κ1) is 14.3. The molecule has 2 nitrogen and oxygen atoms in total. The number of benzene rings is 2. The predicted octanol–water partition coefficient (Wildman–Crippen LogP) is 5.14. The summed E-state index contributed by atoms with van der Waals surface area (Å²) in [4.78, 5) is 0. The number of alkyl halides is 3. The molecule has 0 aliphatic carbocycles. The van der Waals surface area contributed by atoms with Crippen LogP contribution in [0.3, 0.4) is 0 Å². The lowest BCUT2D eigenvalue weighted by molar-refractivity contribution is -0.137. The summed E-state index contributed by atoms with van der Waals surface area (Å²) in [6, 6.07) is 8.92. The molecule has 0 amide bonds. The third kappa shape index (κ3) is 3.27. The van der Waals surface area contributed by atoms with Crippen molar-refractivity contribution in [2.75, 3.05) is 5.32 Å². The summed E-state index contributed by atoms with van der Waals surface area (Å²) in [5.41, 5.74) is 7.10. The van der Waals surface area contributed by atoms with Gasteiger partial charge in [0.15, 0.2) is 0 Å². The minimum absolute atomic E-state index is 0.102. The highest BCUT2D eigenvalue weighted by Gasteiger charge is 2.34. The minimum Gasteiger partial charge on any atom is -0.674 e. The quantitative estimate of drug-likeness (QED) is 0.778. The van der Waals surface area contributed by atoms with Crippen LogP contribution in [0.15, 0.2) is 42.5 Å². The van der Waals surface area contributed by atoms with E-state index in [9.17, 15) is 17.6 Å². The maximum atomic E-state index is 13.0. The van der Waals surface area contributed by atoms with Gasteiger partial charge in [-0.05, 0) is 30.3 Å². The van der Waals surface area contributed by atoms with Gasteiger partial charge in [-0.25, -0.2) is 4.39 Å². The Balaban J connectivity index is 2.32. The summed E-state index contributed by atoms with van der Waals surface area (Å²) in [5.74, 6) is -0.938. The van der Waals surface area contributed by atoms with Crippen molar-refractivity contribution in [2.24, 2.45) is 0 Å². The molecule has 2 rings (SSSR count). The van der Waals surface area contributed by atoms with E-state index < -0.39 is 17.6 Å². The molecular formula is C14H11F4N2-. The third-order valence-electron chi connectivity index (χ3n) is 2.72. The van der Waals surface area contributed by atoms with Crippen molar-refractivity contribution in [3.63, 3.8) is 0 Å². The van der Waals surface area contributed by atoms with Crippen LogP contribution >= 0.6 is 0 Å². The lowest BCUT2D eigenvalue weighted by atomic mass is 10.1. The molecule has 0 saturated carbocycles. The summed E-state index contributed by atoms with van der Waals surface area (Å²) in [7, 11) is 0. The van der Waals surface area contributed by atoms with Gasteiger partial charge in [-0.15, -0.1) is 6.54 Å². The van der Waals surface area contributed by atoms with Crippen molar-refractivity contribution < 1.29 is 17.6 Å². The summed E-state index contributed by atoms with van der Waals surface area (Å²) in [6.45, 7) is 0.102. The Kier molecular flexibility index (Phi) is 3.94. The maximum Gasteiger partial charge on any atom is 0.418 e. The molecule has 0 fully saturated rings. The van der Waals surface area contributed by atoms with Crippen LogP contribution in [0.2, 0.25) is 0 Å². The van der Waals surface area contributed by atoms with E-state index in [4.69, 9.17) is 5.73 Å². The van der Waals surface area contributed by atoms with Crippen molar-refractivity contribution in [1.29, 1.82) is 0 Å². The Labute approximate surface area is 113 Å². The Hall–Kier alpha value is -2.08. The van der Waals surface area contributed by atoms with E-state index in [0.29, 0.717) is 11.8 Å². The molecule has 20 heavy (non-hydrogen) atoms. The Morgan fingerprint density at radius 3 is 2.20 bits per heavy atom. The second-order valence-corrected chi connectivity index (χ2v) is 4.19. The fourth-order valence-electron chi connectivity index (χ4n) is 1.72. The molecule has 0 unspecified atom stereocenters. The first-order valence-corrected chi connectivity index (χ1v) is 5.77. The van der Waals surface area contributed by atoms with Crippen molar-refractivity contribution in [2.45, 2.75) is 12.7 Å². The zero-order valence-corrected chi connectivity index (χ0v) is 10.3. The molecule has 0 aliphatic rings. The third-order valence-corrected chi connectivity index (χ3v) is 2.72. The van der Waals surface area contributed by atoms with Crippen molar-refractivity contribution in [3.05, 3.63) is 65.1 Å². The highest BCUT2D eigenvalue weighted by atomic mass is 19.4. The monoisotopic (exact) mass is 283 g/mol. The summed E-state index contributed by atoms with van der Waals surface area (Å²) < 4.78 is 51.4. The van der Waals surface area contributed by atoms with E-state index in [1.165, 1.54) is 0 Å². The molecule has 2 N–H and O–H groups in total. The van der Waals surface area contributed by atoms with Crippen LogP contribution in [0.25, 0.3) is 5.73 Å². The summed E-state index contributed by atoms with van der Waals surface area (Å²) in [6.07, 6.45) is -4.63. The smallest absolute Gasteiger partial charge is 0.418 e. The molecule has 0 bridgehead atoms. The Morgan fingerprint density at radius 1 is 1.00 bits per heavy atom. The van der Waals surface area contributed by atoms with Crippen LogP contribution in [0.1, 0.15) is 11.1 Å². The minimum atomic E-state index is -4.63. The molecule has 0 atom stereocenters. The van der Waals surface area contributed by atoms with Gasteiger partial charge in [0.05, 0.1) is 11.3 Å². The maximum absolute atomic E-state index is 13.0. The summed E-state index contributed by atoms with van der Waals surface area (Å²) >= 11 is 0. The topological polar surface area (TPSA) is 35.8 Å². The van der Waals surface area contributed by atoms with Gasteiger partial charge < -0.3 is 11.1 Å². The largest absolute Gasteiger partial charge is 0.674 e.